The molecule has 2 N–H and O–H groups in total. The molecule has 3 rings (SSSR count). The molecule has 1 amide bonds. The predicted octanol–water partition coefficient (Wildman–Crippen LogP) is 5.66. The number of benzene rings is 3. The van der Waals surface area contributed by atoms with Crippen LogP contribution in [0.15, 0.2) is 65.1 Å². The standard InChI is InChI=1S/C23H21BrClNO5/c1-29-9-10-30-18-6-7-19(21(27)13-18)23(28)26-17-5-8-22(20(25)12-17)31-14-15-3-2-4-16(24)11-15/h2-8,11-13,27H,9-10,14H2,1H3,(H,26,28). The second-order valence-corrected chi connectivity index (χ2v) is 7.86. The summed E-state index contributed by atoms with van der Waals surface area (Å²) in [6, 6.07) is 17.2. The van der Waals surface area contributed by atoms with Gasteiger partial charge in [-0.3, -0.25) is 4.79 Å². The van der Waals surface area contributed by atoms with Crippen molar-refractivity contribution in [1.29, 1.82) is 0 Å². The van der Waals surface area contributed by atoms with E-state index in [1.807, 2.05) is 24.3 Å². The Morgan fingerprint density at radius 1 is 1.06 bits per heavy atom. The minimum atomic E-state index is -0.472. The van der Waals surface area contributed by atoms with E-state index in [1.165, 1.54) is 12.1 Å². The van der Waals surface area contributed by atoms with Crippen molar-refractivity contribution in [2.45, 2.75) is 6.61 Å². The smallest absolute Gasteiger partial charge is 0.259 e. The zero-order valence-corrected chi connectivity index (χ0v) is 19.1. The number of amides is 1. The van der Waals surface area contributed by atoms with E-state index in [4.69, 9.17) is 25.8 Å². The van der Waals surface area contributed by atoms with Crippen LogP contribution in [-0.2, 0) is 11.3 Å². The molecule has 0 aliphatic rings. The summed E-state index contributed by atoms with van der Waals surface area (Å²) in [5.41, 5.74) is 1.59. The number of carbonyl (C=O) groups excluding carboxylic acids is 1. The summed E-state index contributed by atoms with van der Waals surface area (Å²) >= 11 is 9.73. The lowest BCUT2D eigenvalue weighted by molar-refractivity contribution is 0.102. The Morgan fingerprint density at radius 3 is 2.61 bits per heavy atom. The quantitative estimate of drug-likeness (QED) is 0.366. The summed E-state index contributed by atoms with van der Waals surface area (Å²) in [4.78, 5) is 12.5. The van der Waals surface area contributed by atoms with Crippen molar-refractivity contribution in [2.75, 3.05) is 25.6 Å². The van der Waals surface area contributed by atoms with Gasteiger partial charge in [0.1, 0.15) is 30.5 Å². The summed E-state index contributed by atoms with van der Waals surface area (Å²) < 4.78 is 17.1. The molecule has 0 heterocycles. The van der Waals surface area contributed by atoms with Crippen LogP contribution < -0.4 is 14.8 Å². The van der Waals surface area contributed by atoms with Gasteiger partial charge >= 0.3 is 0 Å². The molecule has 0 bridgehead atoms. The van der Waals surface area contributed by atoms with Gasteiger partial charge < -0.3 is 24.6 Å². The molecule has 0 aromatic heterocycles. The summed E-state index contributed by atoms with van der Waals surface area (Å²) in [5.74, 6) is 0.286. The maximum absolute atomic E-state index is 12.5. The maximum atomic E-state index is 12.5. The van der Waals surface area contributed by atoms with Crippen LogP contribution in [0.25, 0.3) is 0 Å². The van der Waals surface area contributed by atoms with Gasteiger partial charge in [-0.1, -0.05) is 39.7 Å². The van der Waals surface area contributed by atoms with Crippen LogP contribution in [0.2, 0.25) is 5.02 Å². The van der Waals surface area contributed by atoms with Gasteiger partial charge in [-0.15, -0.1) is 0 Å². The second kappa shape index (κ2) is 11.0. The zero-order valence-electron chi connectivity index (χ0n) is 16.7. The monoisotopic (exact) mass is 505 g/mol. The van der Waals surface area contributed by atoms with E-state index in [9.17, 15) is 9.90 Å². The molecule has 8 heteroatoms. The van der Waals surface area contributed by atoms with E-state index in [1.54, 1.807) is 31.4 Å². The van der Waals surface area contributed by atoms with Crippen molar-refractivity contribution in [3.05, 3.63) is 81.3 Å². The van der Waals surface area contributed by atoms with Gasteiger partial charge in [-0.05, 0) is 48.0 Å². The van der Waals surface area contributed by atoms with E-state index in [-0.39, 0.29) is 11.3 Å². The van der Waals surface area contributed by atoms with Gasteiger partial charge in [0.25, 0.3) is 5.91 Å². The molecule has 0 saturated heterocycles. The first-order valence-corrected chi connectivity index (χ1v) is 10.6. The lowest BCUT2D eigenvalue weighted by Crippen LogP contribution is -2.12. The number of phenols is 1. The lowest BCUT2D eigenvalue weighted by Gasteiger charge is -2.12. The number of hydrogen-bond acceptors (Lipinski definition) is 5. The Bertz CT molecular complexity index is 1060. The number of anilines is 1. The fraction of sp³-hybridized carbons (Fsp3) is 0.174. The maximum Gasteiger partial charge on any atom is 0.259 e. The first-order valence-electron chi connectivity index (χ1n) is 9.39. The molecular weight excluding hydrogens is 486 g/mol. The van der Waals surface area contributed by atoms with Crippen molar-refractivity contribution in [2.24, 2.45) is 0 Å². The van der Waals surface area contributed by atoms with Gasteiger partial charge in [0, 0.05) is 23.3 Å². The Morgan fingerprint density at radius 2 is 1.90 bits per heavy atom. The molecule has 0 aliphatic heterocycles. The Labute approximate surface area is 193 Å². The van der Waals surface area contributed by atoms with E-state index >= 15 is 0 Å². The van der Waals surface area contributed by atoms with Crippen LogP contribution in [0.3, 0.4) is 0 Å². The first-order chi connectivity index (χ1) is 15.0. The number of ether oxygens (including phenoxy) is 3. The molecule has 0 unspecified atom stereocenters. The molecule has 0 saturated carbocycles. The molecule has 0 fully saturated rings. The highest BCUT2D eigenvalue weighted by atomic mass is 79.9. The number of halogens is 2. The van der Waals surface area contributed by atoms with Gasteiger partial charge in [-0.2, -0.15) is 0 Å². The second-order valence-electron chi connectivity index (χ2n) is 6.54. The molecule has 3 aromatic rings. The first kappa shape index (κ1) is 22.9. The average molecular weight is 507 g/mol. The molecule has 3 aromatic carbocycles. The molecule has 6 nitrogen and oxygen atoms in total. The number of phenolic OH excluding ortho intramolecular Hbond substituents is 1. The van der Waals surface area contributed by atoms with Crippen LogP contribution in [-0.4, -0.2) is 31.3 Å². The third-order valence-corrected chi connectivity index (χ3v) is 5.03. The lowest BCUT2D eigenvalue weighted by atomic mass is 10.1. The van der Waals surface area contributed by atoms with Crippen LogP contribution in [0.4, 0.5) is 5.69 Å². The van der Waals surface area contributed by atoms with Crippen LogP contribution in [0.1, 0.15) is 15.9 Å². The minimum absolute atomic E-state index is 0.116. The van der Waals surface area contributed by atoms with Crippen LogP contribution >= 0.6 is 27.5 Å². The molecule has 162 valence electrons. The zero-order chi connectivity index (χ0) is 22.2. The third-order valence-electron chi connectivity index (χ3n) is 4.24. The highest BCUT2D eigenvalue weighted by Crippen LogP contribution is 2.30. The van der Waals surface area contributed by atoms with Gasteiger partial charge in [0.05, 0.1) is 17.2 Å². The van der Waals surface area contributed by atoms with Crippen LogP contribution in [0, 0.1) is 0 Å². The summed E-state index contributed by atoms with van der Waals surface area (Å²) in [6.07, 6.45) is 0. The van der Waals surface area contributed by atoms with Gasteiger partial charge in [-0.25, -0.2) is 0 Å². The van der Waals surface area contributed by atoms with E-state index < -0.39 is 5.91 Å². The van der Waals surface area contributed by atoms with Crippen molar-refractivity contribution < 1.29 is 24.1 Å². The number of carbonyl (C=O) groups is 1. The Kier molecular flexibility index (Phi) is 8.17. The third kappa shape index (κ3) is 6.62. The highest BCUT2D eigenvalue weighted by Gasteiger charge is 2.14. The average Bonchev–Trinajstić information content (AvgIpc) is 2.73. The number of rotatable bonds is 9. The summed E-state index contributed by atoms with van der Waals surface area (Å²) in [7, 11) is 1.57. The van der Waals surface area contributed by atoms with Gasteiger partial charge in [0.15, 0.2) is 0 Å². The molecular formula is C23H21BrClNO5. The normalized spacial score (nSPS) is 10.5. The van der Waals surface area contributed by atoms with Gasteiger partial charge in [0.2, 0.25) is 0 Å². The molecule has 0 radical (unpaired) electrons. The van der Waals surface area contributed by atoms with E-state index in [0.717, 1.165) is 10.0 Å². The highest BCUT2D eigenvalue weighted by molar-refractivity contribution is 9.10. The van der Waals surface area contributed by atoms with Crippen molar-refractivity contribution >= 4 is 39.1 Å². The number of hydrogen-bond donors (Lipinski definition) is 2. The molecule has 31 heavy (non-hydrogen) atoms. The van der Waals surface area contributed by atoms with Crippen molar-refractivity contribution in [1.82, 2.24) is 0 Å². The largest absolute Gasteiger partial charge is 0.507 e. The van der Waals surface area contributed by atoms with Crippen LogP contribution in [0.5, 0.6) is 17.2 Å². The summed E-state index contributed by atoms with van der Waals surface area (Å²) in [5, 5.41) is 13.2. The predicted molar refractivity (Wildman–Crippen MR) is 123 cm³/mol. The van der Waals surface area contributed by atoms with E-state index in [0.29, 0.717) is 42.0 Å². The number of aromatic hydroxyl groups is 1. The SMILES string of the molecule is COCCOc1ccc(C(=O)Nc2ccc(OCc3cccc(Br)c3)c(Cl)c2)c(O)c1. The van der Waals surface area contributed by atoms with Crippen molar-refractivity contribution in [3.63, 3.8) is 0 Å². The molecule has 0 aliphatic carbocycles. The number of methoxy groups -OCH3 is 1. The topological polar surface area (TPSA) is 77.0 Å². The molecule has 0 atom stereocenters. The van der Waals surface area contributed by atoms with E-state index in [2.05, 4.69) is 21.2 Å². The Hall–Kier alpha value is -2.74. The fourth-order valence-electron chi connectivity index (χ4n) is 2.72. The Balaban J connectivity index is 1.62. The minimum Gasteiger partial charge on any atom is -0.507 e. The fourth-order valence-corrected chi connectivity index (χ4v) is 3.40. The number of nitrogens with one attached hydrogen (secondary N) is 1. The summed E-state index contributed by atoms with van der Waals surface area (Å²) in [6.45, 7) is 1.12. The molecule has 0 spiro atoms. The van der Waals surface area contributed by atoms with Crippen molar-refractivity contribution in [3.8, 4) is 17.2 Å².